The first kappa shape index (κ1) is 23.7. The van der Waals surface area contributed by atoms with E-state index in [-0.39, 0.29) is 22.7 Å². The lowest BCUT2D eigenvalue weighted by atomic mass is 10.1. The van der Waals surface area contributed by atoms with Crippen molar-refractivity contribution in [2.45, 2.75) is 37.6 Å². The Labute approximate surface area is 195 Å². The summed E-state index contributed by atoms with van der Waals surface area (Å²) in [6.45, 7) is 7.58. The molecule has 1 N–H and O–H groups in total. The van der Waals surface area contributed by atoms with Crippen molar-refractivity contribution in [2.24, 2.45) is 0 Å². The van der Waals surface area contributed by atoms with E-state index >= 15 is 0 Å². The van der Waals surface area contributed by atoms with E-state index < -0.39 is 10.0 Å². The Morgan fingerprint density at radius 3 is 2.52 bits per heavy atom. The number of piperazine rings is 1. The number of nitrogens with zero attached hydrogens (tertiary/aromatic N) is 3. The molecular formula is C24H31FN4O3S. The van der Waals surface area contributed by atoms with Gasteiger partial charge in [0.15, 0.2) is 0 Å². The van der Waals surface area contributed by atoms with Gasteiger partial charge < -0.3 is 9.80 Å². The maximum absolute atomic E-state index is 14.0. The summed E-state index contributed by atoms with van der Waals surface area (Å²) in [4.78, 5) is 18.4. The lowest BCUT2D eigenvalue weighted by molar-refractivity contribution is -0.118. The number of halogens is 1. The maximum Gasteiger partial charge on any atom is 0.240 e. The molecule has 0 bridgehead atoms. The summed E-state index contributed by atoms with van der Waals surface area (Å²) in [5.41, 5.74) is 2.31. The molecule has 2 aliphatic rings. The highest BCUT2D eigenvalue weighted by atomic mass is 32.2. The van der Waals surface area contributed by atoms with Gasteiger partial charge in [0.2, 0.25) is 15.9 Å². The van der Waals surface area contributed by atoms with Crippen LogP contribution in [0.4, 0.5) is 15.8 Å². The molecule has 2 aromatic carbocycles. The van der Waals surface area contributed by atoms with E-state index in [9.17, 15) is 17.6 Å². The number of amides is 1. The maximum atomic E-state index is 14.0. The van der Waals surface area contributed by atoms with Gasteiger partial charge in [0.1, 0.15) is 5.82 Å². The first-order valence-electron chi connectivity index (χ1n) is 11.5. The summed E-state index contributed by atoms with van der Waals surface area (Å²) in [6, 6.07) is 11.8. The van der Waals surface area contributed by atoms with Gasteiger partial charge in [-0.3, -0.25) is 9.69 Å². The Morgan fingerprint density at radius 1 is 1.09 bits per heavy atom. The number of para-hydroxylation sites is 1. The van der Waals surface area contributed by atoms with Crippen LogP contribution in [0, 0.1) is 5.82 Å². The molecule has 9 heteroatoms. The van der Waals surface area contributed by atoms with Crippen molar-refractivity contribution in [3.63, 3.8) is 0 Å². The fourth-order valence-corrected chi connectivity index (χ4v) is 5.74. The monoisotopic (exact) mass is 474 g/mol. The number of nitrogens with one attached hydrogen (secondary N) is 1. The van der Waals surface area contributed by atoms with Crippen molar-refractivity contribution in [2.75, 3.05) is 49.1 Å². The molecule has 4 rings (SSSR count). The minimum atomic E-state index is -3.64. The fourth-order valence-electron chi connectivity index (χ4n) is 4.67. The number of hydrogen-bond acceptors (Lipinski definition) is 5. The van der Waals surface area contributed by atoms with Gasteiger partial charge in [0.25, 0.3) is 0 Å². The van der Waals surface area contributed by atoms with E-state index in [4.69, 9.17) is 0 Å². The van der Waals surface area contributed by atoms with Crippen LogP contribution in [0.2, 0.25) is 0 Å². The second kappa shape index (κ2) is 9.79. The predicted octanol–water partition coefficient (Wildman–Crippen LogP) is 2.61. The van der Waals surface area contributed by atoms with Crippen LogP contribution in [0.25, 0.3) is 0 Å². The van der Waals surface area contributed by atoms with Crippen molar-refractivity contribution in [3.8, 4) is 0 Å². The largest absolute Gasteiger partial charge is 0.367 e. The van der Waals surface area contributed by atoms with Gasteiger partial charge in [-0.05, 0) is 49.2 Å². The Hall–Kier alpha value is -2.49. The van der Waals surface area contributed by atoms with Gasteiger partial charge in [-0.15, -0.1) is 0 Å². The van der Waals surface area contributed by atoms with Gasteiger partial charge >= 0.3 is 0 Å². The molecular weight excluding hydrogens is 443 g/mol. The molecule has 0 aliphatic carbocycles. The molecule has 0 saturated carbocycles. The summed E-state index contributed by atoms with van der Waals surface area (Å²) in [7, 11) is -3.64. The van der Waals surface area contributed by atoms with Gasteiger partial charge in [0.05, 0.1) is 10.6 Å². The molecule has 1 amide bonds. The highest BCUT2D eigenvalue weighted by Gasteiger charge is 2.31. The SMILES string of the molecule is CCC(=O)N1c2ccc(S(=O)(=O)NCCN3CCN(c4ccccc4F)CC3)cc2C[C@@H]1C. The molecule has 2 heterocycles. The van der Waals surface area contributed by atoms with Gasteiger partial charge in [-0.1, -0.05) is 19.1 Å². The standard InChI is InChI=1S/C24H31FN4O3S/c1-3-24(30)29-18(2)16-19-17-20(8-9-22(19)29)33(31,32)26-10-11-27-12-14-28(15-13-27)23-7-5-4-6-21(23)25/h4-9,17-18,26H,3,10-16H2,1-2H3/t18-/m0/s1. The summed E-state index contributed by atoms with van der Waals surface area (Å²) < 4.78 is 42.4. The molecule has 0 spiro atoms. The van der Waals surface area contributed by atoms with Crippen LogP contribution < -0.4 is 14.5 Å². The minimum absolute atomic E-state index is 0.0291. The van der Waals surface area contributed by atoms with Crippen LogP contribution in [-0.2, 0) is 21.2 Å². The molecule has 2 aliphatic heterocycles. The number of carbonyl (C=O) groups excluding carboxylic acids is 1. The number of hydrogen-bond donors (Lipinski definition) is 1. The number of fused-ring (bicyclic) bond motifs is 1. The normalized spacial score (nSPS) is 19.1. The van der Waals surface area contributed by atoms with Crippen LogP contribution >= 0.6 is 0 Å². The molecule has 1 saturated heterocycles. The number of benzene rings is 2. The van der Waals surface area contributed by atoms with E-state index in [1.165, 1.54) is 6.07 Å². The summed E-state index contributed by atoms with van der Waals surface area (Å²) >= 11 is 0. The smallest absolute Gasteiger partial charge is 0.240 e. The van der Waals surface area contributed by atoms with Gasteiger partial charge in [-0.25, -0.2) is 17.5 Å². The van der Waals surface area contributed by atoms with Crippen LogP contribution in [0.5, 0.6) is 0 Å². The fraction of sp³-hybridized carbons (Fsp3) is 0.458. The molecule has 0 unspecified atom stereocenters. The van der Waals surface area contributed by atoms with Crippen molar-refractivity contribution >= 4 is 27.3 Å². The first-order valence-corrected chi connectivity index (χ1v) is 12.9. The minimum Gasteiger partial charge on any atom is -0.367 e. The van der Waals surface area contributed by atoms with Crippen LogP contribution in [0.15, 0.2) is 47.4 Å². The highest BCUT2D eigenvalue weighted by Crippen LogP contribution is 2.34. The quantitative estimate of drug-likeness (QED) is 0.668. The average molecular weight is 475 g/mol. The molecule has 0 radical (unpaired) electrons. The molecule has 178 valence electrons. The van der Waals surface area contributed by atoms with E-state index in [2.05, 4.69) is 9.62 Å². The topological polar surface area (TPSA) is 73.0 Å². The Morgan fingerprint density at radius 2 is 1.82 bits per heavy atom. The van der Waals surface area contributed by atoms with Crippen LogP contribution in [-0.4, -0.2) is 64.5 Å². The Balaban J connectivity index is 1.31. The lowest BCUT2D eigenvalue weighted by Gasteiger charge is -2.36. The van der Waals surface area contributed by atoms with Crippen LogP contribution in [0.3, 0.4) is 0 Å². The second-order valence-electron chi connectivity index (χ2n) is 8.64. The Bertz CT molecular complexity index is 1120. The molecule has 0 aromatic heterocycles. The molecule has 1 atom stereocenters. The molecule has 7 nitrogen and oxygen atoms in total. The van der Waals surface area contributed by atoms with E-state index in [1.54, 1.807) is 35.2 Å². The van der Waals surface area contributed by atoms with E-state index in [0.717, 1.165) is 24.3 Å². The zero-order valence-corrected chi connectivity index (χ0v) is 19.9. The summed E-state index contributed by atoms with van der Waals surface area (Å²) in [6.07, 6.45) is 1.07. The van der Waals surface area contributed by atoms with Crippen molar-refractivity contribution in [3.05, 3.63) is 53.8 Å². The number of rotatable bonds is 7. The van der Waals surface area contributed by atoms with Gasteiger partial charge in [-0.2, -0.15) is 0 Å². The van der Waals surface area contributed by atoms with Gasteiger partial charge in [0, 0.05) is 57.4 Å². The second-order valence-corrected chi connectivity index (χ2v) is 10.4. The lowest BCUT2D eigenvalue weighted by Crippen LogP contribution is -2.48. The zero-order chi connectivity index (χ0) is 23.6. The van der Waals surface area contributed by atoms with Crippen molar-refractivity contribution in [1.29, 1.82) is 0 Å². The molecule has 33 heavy (non-hydrogen) atoms. The van der Waals surface area contributed by atoms with Crippen LogP contribution in [0.1, 0.15) is 25.8 Å². The molecule has 2 aromatic rings. The summed E-state index contributed by atoms with van der Waals surface area (Å²) in [5, 5.41) is 0. The third-order valence-electron chi connectivity index (χ3n) is 6.43. The number of carbonyl (C=O) groups is 1. The third-order valence-corrected chi connectivity index (χ3v) is 7.89. The Kier molecular flexibility index (Phi) is 7.02. The molecule has 1 fully saturated rings. The van der Waals surface area contributed by atoms with Crippen molar-refractivity contribution in [1.82, 2.24) is 9.62 Å². The van der Waals surface area contributed by atoms with Crippen molar-refractivity contribution < 1.29 is 17.6 Å². The average Bonchev–Trinajstić information content (AvgIpc) is 3.14. The van der Waals surface area contributed by atoms with E-state index in [0.29, 0.717) is 44.7 Å². The van der Waals surface area contributed by atoms with E-state index in [1.807, 2.05) is 24.8 Å². The zero-order valence-electron chi connectivity index (χ0n) is 19.1. The summed E-state index contributed by atoms with van der Waals surface area (Å²) in [5.74, 6) is -0.172. The number of anilines is 2. The number of sulfonamides is 1. The first-order chi connectivity index (χ1) is 15.8. The highest BCUT2D eigenvalue weighted by molar-refractivity contribution is 7.89. The predicted molar refractivity (Wildman–Crippen MR) is 128 cm³/mol. The third kappa shape index (κ3) is 5.05.